The molecule has 0 spiro atoms. The fourth-order valence-electron chi connectivity index (χ4n) is 7.51. The number of fused-ring (bicyclic) bond motifs is 3. The average molecular weight is 529 g/mol. The predicted molar refractivity (Wildman–Crippen MR) is 154 cm³/mol. The van der Waals surface area contributed by atoms with E-state index < -0.39 is 12.0 Å². The Hall–Kier alpha value is -3.19. The van der Waals surface area contributed by atoms with Gasteiger partial charge in [-0.2, -0.15) is 0 Å². The summed E-state index contributed by atoms with van der Waals surface area (Å²) in [7, 11) is 1.37. The van der Waals surface area contributed by atoms with Crippen molar-refractivity contribution in [3.63, 3.8) is 0 Å². The van der Waals surface area contributed by atoms with E-state index in [1.54, 1.807) is 0 Å². The molecule has 2 aliphatic heterocycles. The molecule has 1 N–H and O–H groups in total. The number of para-hydroxylation sites is 2. The molecule has 0 amide bonds. The highest BCUT2D eigenvalue weighted by Crippen LogP contribution is 2.44. The molecule has 1 aromatic heterocycles. The van der Waals surface area contributed by atoms with E-state index in [0.717, 1.165) is 29.4 Å². The Morgan fingerprint density at radius 3 is 2.18 bits per heavy atom. The lowest BCUT2D eigenvalue weighted by atomic mass is 9.89. The molecule has 1 aliphatic carbocycles. The first-order valence-electron chi connectivity index (χ1n) is 14.8. The van der Waals surface area contributed by atoms with Crippen molar-refractivity contribution in [2.75, 3.05) is 12.4 Å². The van der Waals surface area contributed by atoms with E-state index in [2.05, 4.69) is 10.2 Å². The summed E-state index contributed by atoms with van der Waals surface area (Å²) >= 11 is 0. The Balaban J connectivity index is 1.33. The first kappa shape index (κ1) is 26.1. The topological polar surface area (TPSA) is 76.5 Å². The van der Waals surface area contributed by atoms with Gasteiger partial charge in [-0.15, -0.1) is 0 Å². The van der Waals surface area contributed by atoms with Crippen molar-refractivity contribution in [3.05, 3.63) is 70.5 Å². The van der Waals surface area contributed by atoms with Crippen LogP contribution in [-0.2, 0) is 9.53 Å². The summed E-state index contributed by atoms with van der Waals surface area (Å²) in [5.74, 6) is -0.254. The van der Waals surface area contributed by atoms with Crippen molar-refractivity contribution in [2.24, 2.45) is 0 Å². The van der Waals surface area contributed by atoms with Gasteiger partial charge in [-0.25, -0.2) is 9.78 Å². The molecule has 206 valence electrons. The molecule has 3 aromatic rings. The molecule has 2 aromatic carbocycles. The zero-order chi connectivity index (χ0) is 26.8. The number of hydrogen-bond donors (Lipinski definition) is 1. The van der Waals surface area contributed by atoms with Crippen molar-refractivity contribution in [3.8, 4) is 0 Å². The Labute approximate surface area is 230 Å². The molecule has 7 heteroatoms. The number of carbonyl (C=O) groups is 1. The highest BCUT2D eigenvalue weighted by atomic mass is 16.5. The zero-order valence-electron chi connectivity index (χ0n) is 22.9. The molecule has 3 heterocycles. The van der Waals surface area contributed by atoms with Crippen molar-refractivity contribution in [1.29, 1.82) is 0 Å². The number of ether oxygens (including phenoxy) is 1. The average Bonchev–Trinajstić information content (AvgIpc) is 3.20. The molecule has 39 heavy (non-hydrogen) atoms. The second kappa shape index (κ2) is 11.5. The number of benzene rings is 2. The Morgan fingerprint density at radius 2 is 1.49 bits per heavy atom. The van der Waals surface area contributed by atoms with Gasteiger partial charge in [0.25, 0.3) is 5.56 Å². The minimum atomic E-state index is -0.816. The Kier molecular flexibility index (Phi) is 7.69. The molecule has 4 atom stereocenters. The second-order valence-electron chi connectivity index (χ2n) is 11.6. The maximum atomic E-state index is 14.1. The predicted octanol–water partition coefficient (Wildman–Crippen LogP) is 6.00. The summed E-state index contributed by atoms with van der Waals surface area (Å²) in [5.41, 5.74) is 2.19. The fourth-order valence-corrected chi connectivity index (χ4v) is 7.51. The van der Waals surface area contributed by atoms with Crippen LogP contribution in [0.25, 0.3) is 11.0 Å². The van der Waals surface area contributed by atoms with Crippen LogP contribution in [0.15, 0.2) is 59.4 Å². The van der Waals surface area contributed by atoms with Crippen molar-refractivity contribution in [1.82, 2.24) is 14.5 Å². The Bertz CT molecular complexity index is 1330. The van der Waals surface area contributed by atoms with Gasteiger partial charge in [-0.05, 0) is 56.2 Å². The minimum Gasteiger partial charge on any atom is -0.467 e. The van der Waals surface area contributed by atoms with Gasteiger partial charge in [0.2, 0.25) is 0 Å². The Morgan fingerprint density at radius 1 is 0.846 bits per heavy atom. The molecule has 3 fully saturated rings. The van der Waals surface area contributed by atoms with Crippen molar-refractivity contribution >= 4 is 22.8 Å². The maximum absolute atomic E-state index is 14.1. The standard InChI is InChI=1S/C32H40N4O3/c1-39-32(38)29(22-12-6-5-7-13-22)34-30-31(37)36(28-17-11-10-16-27(28)33-30)26-20-24-18-19-25(21-26)35(24)23-14-8-3-2-4-9-15-23/h5-7,10-13,16-17,23-26,29H,2-4,8-9,14-15,18-21H2,1H3,(H,33,34)/t24-,25?,26?,29?/m0/s1. The number of nitrogens with one attached hydrogen (secondary N) is 1. The smallest absolute Gasteiger partial charge is 0.333 e. The summed E-state index contributed by atoms with van der Waals surface area (Å²) < 4.78 is 7.07. The van der Waals surface area contributed by atoms with Gasteiger partial charge in [-0.1, -0.05) is 74.6 Å². The SMILES string of the molecule is COC(=O)C(Nc1nc2ccccc2n(C2CC3CC[C@@H](C2)N3C2CCCCCCC2)c1=O)c1ccccc1. The van der Waals surface area contributed by atoms with Crippen LogP contribution in [0, 0.1) is 0 Å². The number of methoxy groups -OCH3 is 1. The zero-order valence-corrected chi connectivity index (χ0v) is 22.9. The lowest BCUT2D eigenvalue weighted by Crippen LogP contribution is -2.50. The van der Waals surface area contributed by atoms with Gasteiger partial charge in [0.15, 0.2) is 11.9 Å². The first-order chi connectivity index (χ1) is 19.1. The number of esters is 1. The van der Waals surface area contributed by atoms with Gasteiger partial charge in [0.1, 0.15) is 0 Å². The van der Waals surface area contributed by atoms with Crippen LogP contribution in [0.4, 0.5) is 5.82 Å². The van der Waals surface area contributed by atoms with E-state index in [9.17, 15) is 9.59 Å². The highest BCUT2D eigenvalue weighted by Gasteiger charge is 2.44. The molecule has 2 saturated heterocycles. The summed E-state index contributed by atoms with van der Waals surface area (Å²) in [6, 6.07) is 18.3. The molecule has 2 bridgehead atoms. The van der Waals surface area contributed by atoms with E-state index in [1.165, 1.54) is 64.9 Å². The summed E-state index contributed by atoms with van der Waals surface area (Å²) in [6.45, 7) is 0. The van der Waals surface area contributed by atoms with Gasteiger partial charge >= 0.3 is 5.97 Å². The number of anilines is 1. The monoisotopic (exact) mass is 528 g/mol. The third kappa shape index (κ3) is 5.21. The van der Waals surface area contributed by atoms with E-state index in [4.69, 9.17) is 9.72 Å². The van der Waals surface area contributed by atoms with Crippen LogP contribution in [-0.4, -0.2) is 45.7 Å². The minimum absolute atomic E-state index is 0.113. The number of piperidine rings is 1. The van der Waals surface area contributed by atoms with Crippen molar-refractivity contribution < 1.29 is 9.53 Å². The van der Waals surface area contributed by atoms with Crippen LogP contribution < -0.4 is 10.9 Å². The molecule has 3 aliphatic rings. The van der Waals surface area contributed by atoms with Gasteiger partial charge in [0, 0.05) is 24.2 Å². The molecule has 6 rings (SSSR count). The fraction of sp³-hybridized carbons (Fsp3) is 0.531. The van der Waals surface area contributed by atoms with Gasteiger partial charge in [0.05, 0.1) is 18.1 Å². The number of aromatic nitrogens is 2. The van der Waals surface area contributed by atoms with Crippen LogP contribution in [0.2, 0.25) is 0 Å². The first-order valence-corrected chi connectivity index (χ1v) is 14.8. The molecule has 7 nitrogen and oxygen atoms in total. The van der Waals surface area contributed by atoms with Crippen LogP contribution in [0.5, 0.6) is 0 Å². The summed E-state index contributed by atoms with van der Waals surface area (Å²) in [4.78, 5) is 34.5. The highest BCUT2D eigenvalue weighted by molar-refractivity contribution is 5.82. The molecule has 3 unspecified atom stereocenters. The molecular weight excluding hydrogens is 488 g/mol. The quantitative estimate of drug-likeness (QED) is 0.395. The molecule has 1 saturated carbocycles. The van der Waals surface area contributed by atoms with E-state index in [0.29, 0.717) is 18.1 Å². The van der Waals surface area contributed by atoms with Crippen molar-refractivity contribution in [2.45, 2.75) is 101 Å². The van der Waals surface area contributed by atoms with Crippen LogP contribution in [0.1, 0.15) is 88.3 Å². The van der Waals surface area contributed by atoms with E-state index >= 15 is 0 Å². The largest absolute Gasteiger partial charge is 0.467 e. The normalized spacial score (nSPS) is 25.1. The number of hydrogen-bond acceptors (Lipinski definition) is 6. The third-order valence-electron chi connectivity index (χ3n) is 9.27. The molecular formula is C32H40N4O3. The molecule has 0 radical (unpaired) electrons. The second-order valence-corrected chi connectivity index (χ2v) is 11.6. The summed E-state index contributed by atoms with van der Waals surface area (Å²) in [5, 5.41) is 3.17. The van der Waals surface area contributed by atoms with Crippen LogP contribution in [0.3, 0.4) is 0 Å². The van der Waals surface area contributed by atoms with Gasteiger partial charge < -0.3 is 14.6 Å². The lowest BCUT2D eigenvalue weighted by Gasteiger charge is -2.45. The maximum Gasteiger partial charge on any atom is 0.333 e. The van der Waals surface area contributed by atoms with E-state index in [-0.39, 0.29) is 17.4 Å². The van der Waals surface area contributed by atoms with Gasteiger partial charge in [-0.3, -0.25) is 9.69 Å². The summed E-state index contributed by atoms with van der Waals surface area (Å²) in [6.07, 6.45) is 13.9. The lowest BCUT2D eigenvalue weighted by molar-refractivity contribution is -0.141. The number of nitrogens with zero attached hydrogens (tertiary/aromatic N) is 3. The third-order valence-corrected chi connectivity index (χ3v) is 9.27. The van der Waals surface area contributed by atoms with Crippen LogP contribution >= 0.6 is 0 Å². The number of carbonyl (C=O) groups excluding carboxylic acids is 1. The number of rotatable bonds is 6. The van der Waals surface area contributed by atoms with E-state index in [1.807, 2.05) is 59.2 Å².